The van der Waals surface area contributed by atoms with E-state index in [1.165, 1.54) is 12.8 Å². The van der Waals surface area contributed by atoms with Crippen LogP contribution in [0.2, 0.25) is 0 Å². The van der Waals surface area contributed by atoms with Crippen LogP contribution in [0.15, 0.2) is 0 Å². The number of nitrogens with zero attached hydrogens (tertiary/aromatic N) is 1. The highest BCUT2D eigenvalue weighted by Gasteiger charge is 2.33. The largest absolute Gasteiger partial charge is 0.481 e. The Morgan fingerprint density at radius 2 is 2.12 bits per heavy atom. The molecule has 1 aliphatic heterocycles. The first kappa shape index (κ1) is 11.9. The van der Waals surface area contributed by atoms with E-state index in [9.17, 15) is 4.79 Å². The van der Waals surface area contributed by atoms with Gasteiger partial charge in [-0.2, -0.15) is 0 Å². The van der Waals surface area contributed by atoms with Gasteiger partial charge in [-0.25, -0.2) is 0 Å². The fourth-order valence-corrected chi connectivity index (χ4v) is 2.57. The van der Waals surface area contributed by atoms with Crippen LogP contribution in [0.1, 0.15) is 32.6 Å². The number of nitrogens with one attached hydrogen (secondary N) is 1. The molecule has 2 atom stereocenters. The molecule has 0 aromatic rings. The summed E-state index contributed by atoms with van der Waals surface area (Å²) in [6.45, 7) is 4.92. The molecular formula is C12H22N2O2. The van der Waals surface area contributed by atoms with Crippen molar-refractivity contribution >= 4 is 5.97 Å². The van der Waals surface area contributed by atoms with Crippen molar-refractivity contribution in [3.05, 3.63) is 0 Å². The third-order valence-corrected chi connectivity index (χ3v) is 3.46. The number of rotatable bonds is 5. The molecule has 0 bridgehead atoms. The van der Waals surface area contributed by atoms with Gasteiger partial charge in [0, 0.05) is 25.2 Å². The van der Waals surface area contributed by atoms with Gasteiger partial charge >= 0.3 is 5.97 Å². The summed E-state index contributed by atoms with van der Waals surface area (Å²) in [5.41, 5.74) is 0. The second-order valence-corrected chi connectivity index (χ2v) is 5.17. The minimum Gasteiger partial charge on any atom is -0.481 e. The van der Waals surface area contributed by atoms with Gasteiger partial charge in [0.1, 0.15) is 0 Å². The monoisotopic (exact) mass is 226 g/mol. The molecule has 2 unspecified atom stereocenters. The molecule has 4 heteroatoms. The van der Waals surface area contributed by atoms with Crippen molar-refractivity contribution in [3.63, 3.8) is 0 Å². The normalized spacial score (nSPS) is 31.6. The highest BCUT2D eigenvalue weighted by Crippen LogP contribution is 2.24. The minimum absolute atomic E-state index is 0.184. The molecule has 1 heterocycles. The molecule has 1 saturated heterocycles. The van der Waals surface area contributed by atoms with Crippen molar-refractivity contribution < 1.29 is 9.90 Å². The molecule has 2 aliphatic rings. The zero-order valence-corrected chi connectivity index (χ0v) is 9.98. The van der Waals surface area contributed by atoms with Gasteiger partial charge in [-0.15, -0.1) is 0 Å². The van der Waals surface area contributed by atoms with Crippen LogP contribution in [0.3, 0.4) is 0 Å². The lowest BCUT2D eigenvalue weighted by Gasteiger charge is -2.36. The van der Waals surface area contributed by atoms with Crippen molar-refractivity contribution in [2.24, 2.45) is 5.92 Å². The topological polar surface area (TPSA) is 52.6 Å². The molecule has 0 aromatic heterocycles. The van der Waals surface area contributed by atoms with E-state index in [0.717, 1.165) is 32.5 Å². The molecule has 0 spiro atoms. The quantitative estimate of drug-likeness (QED) is 0.732. The van der Waals surface area contributed by atoms with E-state index in [1.54, 1.807) is 0 Å². The lowest BCUT2D eigenvalue weighted by molar-refractivity contribution is -0.144. The molecule has 0 radical (unpaired) electrons. The van der Waals surface area contributed by atoms with E-state index in [2.05, 4.69) is 17.1 Å². The maximum absolute atomic E-state index is 11.1. The van der Waals surface area contributed by atoms with Gasteiger partial charge < -0.3 is 15.3 Å². The summed E-state index contributed by atoms with van der Waals surface area (Å²) in [4.78, 5) is 13.4. The second-order valence-electron chi connectivity index (χ2n) is 5.17. The van der Waals surface area contributed by atoms with Crippen molar-refractivity contribution in [2.75, 3.05) is 19.6 Å². The van der Waals surface area contributed by atoms with Crippen LogP contribution in [0.4, 0.5) is 0 Å². The summed E-state index contributed by atoms with van der Waals surface area (Å²) in [5.74, 6) is -0.819. The van der Waals surface area contributed by atoms with Crippen LogP contribution in [0, 0.1) is 5.92 Å². The molecule has 2 N–H and O–H groups in total. The molecule has 16 heavy (non-hydrogen) atoms. The first-order valence-electron chi connectivity index (χ1n) is 6.40. The summed E-state index contributed by atoms with van der Waals surface area (Å²) in [5, 5.41) is 12.7. The Morgan fingerprint density at radius 1 is 1.38 bits per heavy atom. The predicted octanol–water partition coefficient (Wildman–Crippen LogP) is 0.923. The van der Waals surface area contributed by atoms with E-state index in [4.69, 9.17) is 5.11 Å². The molecule has 2 rings (SSSR count). The van der Waals surface area contributed by atoms with Gasteiger partial charge in [0.25, 0.3) is 0 Å². The summed E-state index contributed by atoms with van der Waals surface area (Å²) < 4.78 is 0. The van der Waals surface area contributed by atoms with Gasteiger partial charge in [0.15, 0.2) is 0 Å². The lowest BCUT2D eigenvalue weighted by atomic mass is 9.94. The predicted molar refractivity (Wildman–Crippen MR) is 62.4 cm³/mol. The van der Waals surface area contributed by atoms with Gasteiger partial charge in [-0.3, -0.25) is 4.79 Å². The highest BCUT2D eigenvalue weighted by atomic mass is 16.4. The summed E-state index contributed by atoms with van der Waals surface area (Å²) in [6.07, 6.45) is 4.43. The number of carboxylic acids is 1. The Balaban J connectivity index is 1.89. The van der Waals surface area contributed by atoms with Crippen LogP contribution >= 0.6 is 0 Å². The van der Waals surface area contributed by atoms with E-state index >= 15 is 0 Å². The Hall–Kier alpha value is -0.610. The smallest absolute Gasteiger partial charge is 0.307 e. The maximum atomic E-state index is 11.1. The maximum Gasteiger partial charge on any atom is 0.307 e. The van der Waals surface area contributed by atoms with E-state index in [1.807, 2.05) is 0 Å². The average Bonchev–Trinajstić information content (AvgIpc) is 3.01. The van der Waals surface area contributed by atoms with Crippen LogP contribution in [-0.4, -0.2) is 47.7 Å². The average molecular weight is 226 g/mol. The zero-order chi connectivity index (χ0) is 11.5. The Morgan fingerprint density at radius 3 is 2.69 bits per heavy atom. The van der Waals surface area contributed by atoms with E-state index in [-0.39, 0.29) is 5.92 Å². The standard InChI is InChI=1S/C12H22N2O2/c1-2-5-14-7-9(12(15)16)6-11(8-14)13-10-3-4-10/h9-11,13H,2-8H2,1H3,(H,15,16). The number of carbonyl (C=O) groups is 1. The first-order valence-corrected chi connectivity index (χ1v) is 6.40. The third-order valence-electron chi connectivity index (χ3n) is 3.46. The van der Waals surface area contributed by atoms with Crippen molar-refractivity contribution in [3.8, 4) is 0 Å². The van der Waals surface area contributed by atoms with Crippen molar-refractivity contribution in [1.82, 2.24) is 10.2 Å². The van der Waals surface area contributed by atoms with Crippen LogP contribution in [0.5, 0.6) is 0 Å². The molecule has 4 nitrogen and oxygen atoms in total. The van der Waals surface area contributed by atoms with Gasteiger partial charge in [0.2, 0.25) is 0 Å². The van der Waals surface area contributed by atoms with Gasteiger partial charge in [-0.1, -0.05) is 6.92 Å². The van der Waals surface area contributed by atoms with E-state index < -0.39 is 5.97 Å². The molecule has 1 aliphatic carbocycles. The zero-order valence-electron chi connectivity index (χ0n) is 9.98. The summed E-state index contributed by atoms with van der Waals surface area (Å²) >= 11 is 0. The molecular weight excluding hydrogens is 204 g/mol. The number of likely N-dealkylation sites (tertiary alicyclic amines) is 1. The lowest BCUT2D eigenvalue weighted by Crippen LogP contribution is -2.51. The van der Waals surface area contributed by atoms with E-state index in [0.29, 0.717) is 12.1 Å². The summed E-state index contributed by atoms with van der Waals surface area (Å²) in [7, 11) is 0. The fourth-order valence-electron chi connectivity index (χ4n) is 2.57. The molecule has 0 amide bonds. The van der Waals surface area contributed by atoms with Crippen LogP contribution in [0.25, 0.3) is 0 Å². The van der Waals surface area contributed by atoms with Gasteiger partial charge in [0.05, 0.1) is 5.92 Å². The second kappa shape index (κ2) is 5.15. The number of piperidine rings is 1. The number of hydrogen-bond acceptors (Lipinski definition) is 3. The number of carboxylic acid groups (broad SMARTS) is 1. The Labute approximate surface area is 97.0 Å². The summed E-state index contributed by atoms with van der Waals surface area (Å²) in [6, 6.07) is 1.05. The Bertz CT molecular complexity index is 253. The Kier molecular flexibility index (Phi) is 3.82. The van der Waals surface area contributed by atoms with Crippen molar-refractivity contribution in [1.29, 1.82) is 0 Å². The molecule has 0 aromatic carbocycles. The third kappa shape index (κ3) is 3.19. The number of hydrogen-bond donors (Lipinski definition) is 2. The minimum atomic E-state index is -0.636. The first-order chi connectivity index (χ1) is 7.69. The van der Waals surface area contributed by atoms with Crippen LogP contribution < -0.4 is 5.32 Å². The number of aliphatic carboxylic acids is 1. The molecule has 2 fully saturated rings. The fraction of sp³-hybridized carbons (Fsp3) is 0.917. The highest BCUT2D eigenvalue weighted by molar-refractivity contribution is 5.70. The van der Waals surface area contributed by atoms with Gasteiger partial charge in [-0.05, 0) is 32.2 Å². The SMILES string of the molecule is CCCN1CC(NC2CC2)CC(C(=O)O)C1. The van der Waals surface area contributed by atoms with Crippen molar-refractivity contribution in [2.45, 2.75) is 44.7 Å². The van der Waals surface area contributed by atoms with Crippen LogP contribution in [-0.2, 0) is 4.79 Å². The molecule has 92 valence electrons. The molecule has 1 saturated carbocycles.